The summed E-state index contributed by atoms with van der Waals surface area (Å²) in [6.07, 6.45) is 1.03. The van der Waals surface area contributed by atoms with Gasteiger partial charge in [0.1, 0.15) is 6.61 Å². The molecule has 0 fully saturated rings. The molecule has 0 radical (unpaired) electrons. The van der Waals surface area contributed by atoms with Crippen LogP contribution in [0.3, 0.4) is 0 Å². The van der Waals surface area contributed by atoms with E-state index in [0.29, 0.717) is 5.69 Å². The van der Waals surface area contributed by atoms with E-state index in [-0.39, 0.29) is 6.61 Å². The number of aliphatic imine (C=N–C) groups is 1. The van der Waals surface area contributed by atoms with Crippen LogP contribution < -0.4 is 10.2 Å². The van der Waals surface area contributed by atoms with Crippen molar-refractivity contribution < 1.29 is 9.53 Å². The zero-order valence-electron chi connectivity index (χ0n) is 11.5. The predicted octanol–water partition coefficient (Wildman–Crippen LogP) is 2.91. The molecule has 0 saturated carbocycles. The number of amidine groups is 1. The third-order valence-corrected chi connectivity index (χ3v) is 2.64. The van der Waals surface area contributed by atoms with E-state index < -0.39 is 6.09 Å². The van der Waals surface area contributed by atoms with Crippen LogP contribution in [0.1, 0.15) is 6.92 Å². The lowest BCUT2D eigenvalue weighted by Crippen LogP contribution is -2.23. The van der Waals surface area contributed by atoms with Gasteiger partial charge in [0.2, 0.25) is 0 Å². The van der Waals surface area contributed by atoms with Crippen LogP contribution in [-0.2, 0) is 4.74 Å². The fourth-order valence-electron chi connectivity index (χ4n) is 1.39. The van der Waals surface area contributed by atoms with Crippen molar-refractivity contribution in [2.24, 2.45) is 4.99 Å². The summed E-state index contributed by atoms with van der Waals surface area (Å²) >= 11 is 0. The fourth-order valence-corrected chi connectivity index (χ4v) is 1.39. The summed E-state index contributed by atoms with van der Waals surface area (Å²) in [6.45, 7) is 5.60. The van der Waals surface area contributed by atoms with Gasteiger partial charge in [0.25, 0.3) is 0 Å². The molecule has 0 aliphatic heterocycles. The van der Waals surface area contributed by atoms with Gasteiger partial charge in [0.05, 0.1) is 5.84 Å². The molecule has 1 aromatic rings. The number of nitrogens with zero attached hydrogens (tertiary/aromatic N) is 2. The van der Waals surface area contributed by atoms with Gasteiger partial charge in [-0.2, -0.15) is 0 Å². The highest BCUT2D eigenvalue weighted by Gasteiger charge is 2.05. The first-order valence-corrected chi connectivity index (χ1v) is 5.90. The van der Waals surface area contributed by atoms with Crippen molar-refractivity contribution in [3.05, 3.63) is 36.9 Å². The molecule has 1 amide bonds. The van der Waals surface area contributed by atoms with E-state index in [1.165, 1.54) is 6.08 Å². The number of carbonyl (C=O) groups is 1. The van der Waals surface area contributed by atoms with E-state index in [9.17, 15) is 4.79 Å². The molecule has 5 heteroatoms. The Labute approximate surface area is 113 Å². The molecule has 19 heavy (non-hydrogen) atoms. The summed E-state index contributed by atoms with van der Waals surface area (Å²) in [5, 5.41) is 2.63. The maximum absolute atomic E-state index is 11.3. The van der Waals surface area contributed by atoms with E-state index in [1.807, 2.05) is 43.1 Å². The Balaban J connectivity index is 2.66. The van der Waals surface area contributed by atoms with Gasteiger partial charge in [-0.1, -0.05) is 12.7 Å². The SMILES string of the molecule is C=CCOC(=O)Nc1ccc(N(C)C(C)=NC)cc1. The Morgan fingerprint density at radius 2 is 2.11 bits per heavy atom. The average molecular weight is 261 g/mol. The van der Waals surface area contributed by atoms with Gasteiger partial charge in [0.15, 0.2) is 0 Å². The Morgan fingerprint density at radius 1 is 1.47 bits per heavy atom. The standard InChI is InChI=1S/C14H19N3O2/c1-5-10-19-14(18)16-12-6-8-13(9-7-12)17(4)11(2)15-3/h5-9H,1,10H2,2-4H3,(H,16,18). The van der Waals surface area contributed by atoms with E-state index >= 15 is 0 Å². The normalized spacial score (nSPS) is 10.8. The molecule has 102 valence electrons. The number of amides is 1. The first-order chi connectivity index (χ1) is 9.08. The van der Waals surface area contributed by atoms with Crippen molar-refractivity contribution in [2.45, 2.75) is 6.92 Å². The van der Waals surface area contributed by atoms with Crippen LogP contribution in [0.25, 0.3) is 0 Å². The summed E-state index contributed by atoms with van der Waals surface area (Å²) in [6, 6.07) is 7.42. The number of carbonyl (C=O) groups excluding carboxylic acids is 1. The molecular formula is C14H19N3O2. The molecular weight excluding hydrogens is 242 g/mol. The molecule has 1 rings (SSSR count). The number of anilines is 2. The number of hydrogen-bond donors (Lipinski definition) is 1. The molecule has 0 bridgehead atoms. The minimum atomic E-state index is -0.493. The van der Waals surface area contributed by atoms with Crippen molar-refractivity contribution in [2.75, 3.05) is 30.9 Å². The topological polar surface area (TPSA) is 53.9 Å². The fraction of sp³-hybridized carbons (Fsp3) is 0.286. The van der Waals surface area contributed by atoms with Gasteiger partial charge in [-0.3, -0.25) is 10.3 Å². The van der Waals surface area contributed by atoms with Crippen LogP contribution in [0.2, 0.25) is 0 Å². The van der Waals surface area contributed by atoms with Gasteiger partial charge >= 0.3 is 6.09 Å². The summed E-state index contributed by atoms with van der Waals surface area (Å²) in [5.41, 5.74) is 1.67. The van der Waals surface area contributed by atoms with Crippen LogP contribution in [0.15, 0.2) is 41.9 Å². The zero-order valence-corrected chi connectivity index (χ0v) is 11.5. The number of benzene rings is 1. The Hall–Kier alpha value is -2.30. The maximum atomic E-state index is 11.3. The lowest BCUT2D eigenvalue weighted by Gasteiger charge is -2.18. The van der Waals surface area contributed by atoms with Gasteiger partial charge < -0.3 is 9.64 Å². The van der Waals surface area contributed by atoms with Crippen LogP contribution >= 0.6 is 0 Å². The largest absolute Gasteiger partial charge is 0.445 e. The van der Waals surface area contributed by atoms with Crippen LogP contribution in [-0.4, -0.2) is 32.6 Å². The molecule has 0 spiro atoms. The molecule has 5 nitrogen and oxygen atoms in total. The minimum absolute atomic E-state index is 0.193. The van der Waals surface area contributed by atoms with Crippen molar-refractivity contribution >= 4 is 23.3 Å². The van der Waals surface area contributed by atoms with Crippen molar-refractivity contribution in [1.29, 1.82) is 0 Å². The lowest BCUT2D eigenvalue weighted by molar-refractivity contribution is 0.174. The molecule has 0 atom stereocenters. The molecule has 0 aromatic heterocycles. The minimum Gasteiger partial charge on any atom is -0.445 e. The second-order valence-electron chi connectivity index (χ2n) is 3.89. The Morgan fingerprint density at radius 3 is 2.63 bits per heavy atom. The Bertz CT molecular complexity index is 466. The highest BCUT2D eigenvalue weighted by atomic mass is 16.5. The molecule has 0 aliphatic rings. The second kappa shape index (κ2) is 7.20. The Kier molecular flexibility index (Phi) is 5.60. The van der Waals surface area contributed by atoms with Gasteiger partial charge in [-0.05, 0) is 31.2 Å². The molecule has 0 unspecified atom stereocenters. The first-order valence-electron chi connectivity index (χ1n) is 5.90. The van der Waals surface area contributed by atoms with Crippen LogP contribution in [0.5, 0.6) is 0 Å². The van der Waals surface area contributed by atoms with E-state index in [0.717, 1.165) is 11.5 Å². The first kappa shape index (κ1) is 14.8. The summed E-state index contributed by atoms with van der Waals surface area (Å²) in [5.74, 6) is 0.908. The van der Waals surface area contributed by atoms with Gasteiger partial charge in [0, 0.05) is 25.5 Å². The molecule has 0 heterocycles. The number of ether oxygens (including phenoxy) is 1. The van der Waals surface area contributed by atoms with E-state index in [4.69, 9.17) is 4.74 Å². The smallest absolute Gasteiger partial charge is 0.411 e. The van der Waals surface area contributed by atoms with E-state index in [1.54, 1.807) is 7.05 Å². The number of rotatable bonds is 4. The summed E-state index contributed by atoms with van der Waals surface area (Å²) in [4.78, 5) is 17.4. The van der Waals surface area contributed by atoms with Gasteiger partial charge in [-0.15, -0.1) is 0 Å². The molecule has 1 N–H and O–H groups in total. The quantitative estimate of drug-likeness (QED) is 0.515. The van der Waals surface area contributed by atoms with Crippen LogP contribution in [0.4, 0.5) is 16.2 Å². The highest BCUT2D eigenvalue weighted by molar-refractivity contribution is 5.95. The van der Waals surface area contributed by atoms with Crippen molar-refractivity contribution in [1.82, 2.24) is 0 Å². The molecule has 0 aliphatic carbocycles. The third kappa shape index (κ3) is 4.46. The maximum Gasteiger partial charge on any atom is 0.411 e. The van der Waals surface area contributed by atoms with Crippen LogP contribution in [0, 0.1) is 0 Å². The summed E-state index contributed by atoms with van der Waals surface area (Å²) in [7, 11) is 3.68. The second-order valence-corrected chi connectivity index (χ2v) is 3.89. The predicted molar refractivity (Wildman–Crippen MR) is 79.0 cm³/mol. The third-order valence-electron chi connectivity index (χ3n) is 2.64. The average Bonchev–Trinajstić information content (AvgIpc) is 2.44. The molecule has 1 aromatic carbocycles. The highest BCUT2D eigenvalue weighted by Crippen LogP contribution is 2.17. The number of hydrogen-bond acceptors (Lipinski definition) is 3. The lowest BCUT2D eigenvalue weighted by atomic mass is 10.2. The molecule has 0 saturated heterocycles. The monoisotopic (exact) mass is 261 g/mol. The zero-order chi connectivity index (χ0) is 14.3. The van der Waals surface area contributed by atoms with Gasteiger partial charge in [-0.25, -0.2) is 4.79 Å². The number of nitrogens with one attached hydrogen (secondary N) is 1. The van der Waals surface area contributed by atoms with Crippen molar-refractivity contribution in [3.63, 3.8) is 0 Å². The van der Waals surface area contributed by atoms with E-state index in [2.05, 4.69) is 16.9 Å². The summed E-state index contributed by atoms with van der Waals surface area (Å²) < 4.78 is 4.83. The van der Waals surface area contributed by atoms with Crippen molar-refractivity contribution in [3.8, 4) is 0 Å².